The number of aromatic nitrogens is 2. The highest BCUT2D eigenvalue weighted by Gasteiger charge is 2.21. The van der Waals surface area contributed by atoms with E-state index in [0.717, 1.165) is 28.1 Å². The standard InChI is InChI=1S/C21H29N3O2S2/c1-5-24-20(26)17-13(2)14(3)27-19(17)23-21(24)28-15(4)18(25)22-12-11-16-9-7-6-8-10-16/h9,15H,5-8,10-12H2,1-4H3,(H,22,25). The number of hydrogen-bond acceptors (Lipinski definition) is 5. The molecule has 0 saturated carbocycles. The van der Waals surface area contributed by atoms with Crippen LogP contribution >= 0.6 is 23.1 Å². The van der Waals surface area contributed by atoms with E-state index in [0.29, 0.717) is 23.6 Å². The molecule has 1 N–H and O–H groups in total. The van der Waals surface area contributed by atoms with Gasteiger partial charge in [-0.3, -0.25) is 14.2 Å². The van der Waals surface area contributed by atoms with Gasteiger partial charge in [0.25, 0.3) is 5.56 Å². The number of aryl methyl sites for hydroxylation is 2. The predicted octanol–water partition coefficient (Wildman–Crippen LogP) is 4.58. The second-order valence-corrected chi connectivity index (χ2v) is 9.83. The average molecular weight is 420 g/mol. The lowest BCUT2D eigenvalue weighted by Gasteiger charge is -2.16. The molecule has 1 unspecified atom stereocenters. The molecule has 0 spiro atoms. The summed E-state index contributed by atoms with van der Waals surface area (Å²) in [5.41, 5.74) is 2.47. The monoisotopic (exact) mass is 419 g/mol. The van der Waals surface area contributed by atoms with Gasteiger partial charge < -0.3 is 5.32 Å². The molecule has 1 atom stereocenters. The van der Waals surface area contributed by atoms with E-state index in [-0.39, 0.29) is 16.7 Å². The summed E-state index contributed by atoms with van der Waals surface area (Å²) >= 11 is 2.91. The van der Waals surface area contributed by atoms with Gasteiger partial charge in [0.05, 0.1) is 10.6 Å². The molecule has 0 fully saturated rings. The number of fused-ring (bicyclic) bond motifs is 1. The van der Waals surface area contributed by atoms with Crippen molar-refractivity contribution in [2.24, 2.45) is 0 Å². The molecule has 28 heavy (non-hydrogen) atoms. The van der Waals surface area contributed by atoms with Gasteiger partial charge in [-0.05, 0) is 65.4 Å². The predicted molar refractivity (Wildman–Crippen MR) is 119 cm³/mol. The summed E-state index contributed by atoms with van der Waals surface area (Å²) in [7, 11) is 0. The lowest BCUT2D eigenvalue weighted by molar-refractivity contribution is -0.120. The molecule has 5 nitrogen and oxygen atoms in total. The maximum atomic E-state index is 12.9. The quantitative estimate of drug-likeness (QED) is 0.405. The molecule has 1 aliphatic carbocycles. The molecule has 0 radical (unpaired) electrons. The molecule has 0 saturated heterocycles. The lowest BCUT2D eigenvalue weighted by Crippen LogP contribution is -2.32. The second kappa shape index (κ2) is 9.27. The molecule has 7 heteroatoms. The molecule has 3 rings (SSSR count). The van der Waals surface area contributed by atoms with E-state index in [1.165, 1.54) is 36.6 Å². The number of hydrogen-bond donors (Lipinski definition) is 1. The van der Waals surface area contributed by atoms with Crippen LogP contribution in [0.15, 0.2) is 21.6 Å². The fourth-order valence-electron chi connectivity index (χ4n) is 3.51. The Labute approximate surface area is 174 Å². The van der Waals surface area contributed by atoms with Crippen molar-refractivity contribution in [3.8, 4) is 0 Å². The summed E-state index contributed by atoms with van der Waals surface area (Å²) in [5.74, 6) is -0.00282. The third kappa shape index (κ3) is 4.51. The third-order valence-electron chi connectivity index (χ3n) is 5.35. The zero-order valence-electron chi connectivity index (χ0n) is 17.1. The lowest BCUT2D eigenvalue weighted by atomic mass is 9.97. The minimum absolute atomic E-state index is 0.00282. The van der Waals surface area contributed by atoms with Crippen LogP contribution in [-0.2, 0) is 11.3 Å². The average Bonchev–Trinajstić information content (AvgIpc) is 2.96. The Kier molecular flexibility index (Phi) is 6.99. The summed E-state index contributed by atoms with van der Waals surface area (Å²) in [6.45, 7) is 9.02. The maximum absolute atomic E-state index is 12.9. The largest absolute Gasteiger partial charge is 0.355 e. The minimum Gasteiger partial charge on any atom is -0.355 e. The van der Waals surface area contributed by atoms with Crippen LogP contribution in [0.3, 0.4) is 0 Å². The van der Waals surface area contributed by atoms with Gasteiger partial charge in [-0.1, -0.05) is 23.4 Å². The molecular formula is C21H29N3O2S2. The number of nitrogens with one attached hydrogen (secondary N) is 1. The normalized spacial score (nSPS) is 15.5. The van der Waals surface area contributed by atoms with Crippen LogP contribution in [-0.4, -0.2) is 27.3 Å². The van der Waals surface area contributed by atoms with Gasteiger partial charge >= 0.3 is 0 Å². The highest BCUT2D eigenvalue weighted by molar-refractivity contribution is 8.00. The number of allylic oxidation sites excluding steroid dienone is 1. The summed E-state index contributed by atoms with van der Waals surface area (Å²) in [5, 5.41) is 4.08. The third-order valence-corrected chi connectivity index (χ3v) is 7.54. The Hall–Kier alpha value is -1.60. The highest BCUT2D eigenvalue weighted by atomic mass is 32.2. The van der Waals surface area contributed by atoms with Crippen molar-refractivity contribution in [3.05, 3.63) is 32.4 Å². The molecule has 2 aromatic heterocycles. The summed E-state index contributed by atoms with van der Waals surface area (Å²) in [6, 6.07) is 0. The summed E-state index contributed by atoms with van der Waals surface area (Å²) in [4.78, 5) is 32.1. The zero-order valence-corrected chi connectivity index (χ0v) is 18.8. The van der Waals surface area contributed by atoms with Crippen molar-refractivity contribution in [2.75, 3.05) is 6.54 Å². The molecule has 0 aromatic carbocycles. The van der Waals surface area contributed by atoms with Gasteiger partial charge in [0, 0.05) is 18.0 Å². The maximum Gasteiger partial charge on any atom is 0.263 e. The van der Waals surface area contributed by atoms with Crippen molar-refractivity contribution in [2.45, 2.75) is 76.8 Å². The molecule has 2 heterocycles. The van der Waals surface area contributed by atoms with E-state index >= 15 is 0 Å². The molecule has 0 bridgehead atoms. The molecule has 1 aliphatic rings. The van der Waals surface area contributed by atoms with Crippen molar-refractivity contribution >= 4 is 39.2 Å². The van der Waals surface area contributed by atoms with Crippen LogP contribution in [0.5, 0.6) is 0 Å². The van der Waals surface area contributed by atoms with E-state index in [4.69, 9.17) is 4.98 Å². The van der Waals surface area contributed by atoms with E-state index in [1.807, 2.05) is 27.7 Å². The molecular weight excluding hydrogens is 390 g/mol. The van der Waals surface area contributed by atoms with Gasteiger partial charge in [-0.25, -0.2) is 4.98 Å². The van der Waals surface area contributed by atoms with E-state index < -0.39 is 0 Å². The summed E-state index contributed by atoms with van der Waals surface area (Å²) < 4.78 is 1.68. The minimum atomic E-state index is -0.301. The van der Waals surface area contributed by atoms with Gasteiger partial charge in [-0.2, -0.15) is 0 Å². The van der Waals surface area contributed by atoms with Crippen molar-refractivity contribution < 1.29 is 4.79 Å². The Morgan fingerprint density at radius 1 is 1.39 bits per heavy atom. The number of amides is 1. The number of nitrogens with zero attached hydrogens (tertiary/aromatic N) is 2. The second-order valence-electron chi connectivity index (χ2n) is 7.32. The molecule has 152 valence electrons. The van der Waals surface area contributed by atoms with Crippen molar-refractivity contribution in [1.29, 1.82) is 0 Å². The Morgan fingerprint density at radius 2 is 2.18 bits per heavy atom. The van der Waals surface area contributed by atoms with E-state index in [9.17, 15) is 9.59 Å². The van der Waals surface area contributed by atoms with Crippen LogP contribution < -0.4 is 10.9 Å². The molecule has 0 aliphatic heterocycles. The Bertz CT molecular complexity index is 959. The first-order valence-electron chi connectivity index (χ1n) is 10.0. The van der Waals surface area contributed by atoms with Crippen LogP contribution in [0, 0.1) is 13.8 Å². The fraction of sp³-hybridized carbons (Fsp3) is 0.571. The number of thioether (sulfide) groups is 1. The van der Waals surface area contributed by atoms with Crippen molar-refractivity contribution in [3.63, 3.8) is 0 Å². The number of carbonyl (C=O) groups is 1. The van der Waals surface area contributed by atoms with Crippen LogP contribution in [0.1, 0.15) is 56.4 Å². The van der Waals surface area contributed by atoms with Crippen LogP contribution in [0.2, 0.25) is 0 Å². The van der Waals surface area contributed by atoms with Crippen LogP contribution in [0.4, 0.5) is 0 Å². The van der Waals surface area contributed by atoms with Crippen molar-refractivity contribution in [1.82, 2.24) is 14.9 Å². The van der Waals surface area contributed by atoms with Crippen LogP contribution in [0.25, 0.3) is 10.2 Å². The first-order valence-corrected chi connectivity index (χ1v) is 11.7. The molecule has 2 aromatic rings. The van der Waals surface area contributed by atoms with E-state index in [2.05, 4.69) is 11.4 Å². The highest BCUT2D eigenvalue weighted by Crippen LogP contribution is 2.29. The fourth-order valence-corrected chi connectivity index (χ4v) is 5.58. The molecule has 1 amide bonds. The SMILES string of the molecule is CCn1c(SC(C)C(=O)NCCC2=CCCCC2)nc2sc(C)c(C)c2c1=O. The van der Waals surface area contributed by atoms with Gasteiger partial charge in [0.2, 0.25) is 5.91 Å². The topological polar surface area (TPSA) is 64.0 Å². The Balaban J connectivity index is 1.69. The Morgan fingerprint density at radius 3 is 2.86 bits per heavy atom. The van der Waals surface area contributed by atoms with Gasteiger partial charge in [0.15, 0.2) is 5.16 Å². The van der Waals surface area contributed by atoms with Gasteiger partial charge in [-0.15, -0.1) is 11.3 Å². The summed E-state index contributed by atoms with van der Waals surface area (Å²) in [6.07, 6.45) is 8.12. The van der Waals surface area contributed by atoms with Gasteiger partial charge in [0.1, 0.15) is 4.83 Å². The number of rotatable bonds is 7. The first kappa shape index (κ1) is 21.1. The smallest absolute Gasteiger partial charge is 0.263 e. The number of carbonyl (C=O) groups excluding carboxylic acids is 1. The van der Waals surface area contributed by atoms with E-state index in [1.54, 1.807) is 15.9 Å². The number of thiophene rings is 1. The zero-order chi connectivity index (χ0) is 20.3. The first-order chi connectivity index (χ1) is 13.4.